The average molecular weight is 801 g/mol. The Morgan fingerprint density at radius 3 is 0.774 bits per heavy atom. The van der Waals surface area contributed by atoms with Gasteiger partial charge in [0, 0.05) is 0 Å². The van der Waals surface area contributed by atoms with Crippen molar-refractivity contribution in [3.05, 3.63) is 70.8 Å². The molecule has 9 nitrogen and oxygen atoms in total. The summed E-state index contributed by atoms with van der Waals surface area (Å²) in [5, 5.41) is 47.3. The van der Waals surface area contributed by atoms with Crippen molar-refractivity contribution in [1.29, 1.82) is 0 Å². The Morgan fingerprint density at radius 2 is 0.566 bits per heavy atom. The molecule has 1 aliphatic heterocycles. The molecule has 286 valence electrons. The van der Waals surface area contributed by atoms with Gasteiger partial charge in [-0.25, -0.2) is 21.0 Å². The van der Waals surface area contributed by atoms with Gasteiger partial charge < -0.3 is 20.4 Å². The standard InChI is InChI=1S/C40H48O9S4/c1-37(2,3)21-13-25-33(41)27(15-21)51(46)29-17-23(39(7,8)9)19-31(35(29)43)53(48,49)32-20-24(40(10,11)12)18-30(36(32)44)52(47)28-16-22(38(4,5)6)14-26(34(28)42)50(25)45/h13-20,41-44H,1-12H3/t50?,51-,52+. The molecule has 13 heteroatoms. The van der Waals surface area contributed by atoms with Gasteiger partial charge in [0.25, 0.3) is 0 Å². The van der Waals surface area contributed by atoms with E-state index >= 15 is 0 Å². The van der Waals surface area contributed by atoms with Crippen LogP contribution in [0.25, 0.3) is 0 Å². The Bertz CT molecular complexity index is 2220. The predicted molar refractivity (Wildman–Crippen MR) is 207 cm³/mol. The number of phenols is 4. The molecule has 0 amide bonds. The van der Waals surface area contributed by atoms with Crippen LogP contribution in [0.2, 0.25) is 0 Å². The fourth-order valence-electron chi connectivity index (χ4n) is 5.79. The van der Waals surface area contributed by atoms with Crippen molar-refractivity contribution in [3.8, 4) is 23.0 Å². The SMILES string of the molecule is CC(C)(C)c1cc2c(O)c(c1)[S@@](=O)c1cc(C(C)(C)C)cc(c1O)S(=O)(=O)c1cc(C(C)(C)C)cc(c1O)[S@@](=O)c1cc(C(C)(C)C)cc(c1O)S2=O. The van der Waals surface area contributed by atoms with Gasteiger partial charge in [-0.3, -0.25) is 0 Å². The molecular formula is C40H48O9S4. The Labute approximate surface area is 319 Å². The Hall–Kier alpha value is -3.52. The van der Waals surface area contributed by atoms with E-state index in [-0.39, 0.29) is 29.4 Å². The first-order valence-corrected chi connectivity index (χ1v) is 21.9. The highest BCUT2D eigenvalue weighted by Crippen LogP contribution is 2.48. The maximum absolute atomic E-state index is 14.8. The van der Waals surface area contributed by atoms with Gasteiger partial charge in [-0.05, 0) is 92.4 Å². The summed E-state index contributed by atoms with van der Waals surface area (Å²) in [4.78, 5) is -2.88. The molecule has 0 aliphatic carbocycles. The molecule has 3 atom stereocenters. The first kappa shape index (κ1) is 40.7. The maximum Gasteiger partial charge on any atom is 0.214 e. The quantitative estimate of drug-likeness (QED) is 0.120. The second-order valence-corrected chi connectivity index (χ2v) is 23.7. The number of sulfone groups is 1. The first-order chi connectivity index (χ1) is 24.0. The largest absolute Gasteiger partial charge is 0.505 e. The molecule has 5 rings (SSSR count). The maximum atomic E-state index is 14.8. The molecule has 4 aromatic carbocycles. The van der Waals surface area contributed by atoms with E-state index in [1.54, 1.807) is 41.5 Å². The summed E-state index contributed by atoms with van der Waals surface area (Å²) < 4.78 is 73.8. The van der Waals surface area contributed by atoms with Crippen molar-refractivity contribution >= 4 is 42.2 Å². The van der Waals surface area contributed by atoms with Crippen LogP contribution < -0.4 is 0 Å². The molecule has 8 bridgehead atoms. The molecule has 1 heterocycles. The van der Waals surface area contributed by atoms with Crippen molar-refractivity contribution in [2.45, 2.75) is 144 Å². The zero-order chi connectivity index (χ0) is 40.1. The second kappa shape index (κ2) is 13.1. The fraction of sp³-hybridized carbons (Fsp3) is 0.400. The van der Waals surface area contributed by atoms with Crippen LogP contribution in [0.5, 0.6) is 23.0 Å². The molecule has 0 saturated heterocycles. The summed E-state index contributed by atoms with van der Waals surface area (Å²) >= 11 is 0. The van der Waals surface area contributed by atoms with Crippen molar-refractivity contribution in [1.82, 2.24) is 0 Å². The monoisotopic (exact) mass is 800 g/mol. The van der Waals surface area contributed by atoms with Crippen LogP contribution in [0, 0.1) is 0 Å². The third-order valence-electron chi connectivity index (χ3n) is 9.40. The first-order valence-electron chi connectivity index (χ1n) is 17.0. The lowest BCUT2D eigenvalue weighted by Gasteiger charge is -2.26. The average Bonchev–Trinajstić information content (AvgIpc) is 3.01. The molecule has 0 spiro atoms. The minimum atomic E-state index is -4.87. The van der Waals surface area contributed by atoms with Gasteiger partial charge in [0.2, 0.25) is 9.84 Å². The minimum Gasteiger partial charge on any atom is -0.505 e. The van der Waals surface area contributed by atoms with E-state index in [0.29, 0.717) is 22.3 Å². The molecule has 0 fully saturated rings. The van der Waals surface area contributed by atoms with E-state index in [4.69, 9.17) is 0 Å². The predicted octanol–water partition coefficient (Wildman–Crippen LogP) is 8.35. The topological polar surface area (TPSA) is 166 Å². The second-order valence-electron chi connectivity index (χ2n) is 17.6. The normalized spacial score (nSPS) is 19.2. The lowest BCUT2D eigenvalue weighted by molar-refractivity contribution is 0.435. The van der Waals surface area contributed by atoms with E-state index in [1.807, 2.05) is 41.5 Å². The summed E-state index contributed by atoms with van der Waals surface area (Å²) in [7, 11) is -12.2. The lowest BCUT2D eigenvalue weighted by Crippen LogP contribution is -2.17. The third kappa shape index (κ3) is 7.22. The summed E-state index contributed by atoms with van der Waals surface area (Å²) in [6, 6.07) is 11.2. The van der Waals surface area contributed by atoms with E-state index in [2.05, 4.69) is 0 Å². The van der Waals surface area contributed by atoms with Gasteiger partial charge in [-0.15, -0.1) is 0 Å². The number of fused-ring (bicyclic) bond motifs is 8. The van der Waals surface area contributed by atoms with Crippen LogP contribution in [0.15, 0.2) is 87.7 Å². The van der Waals surface area contributed by atoms with Crippen LogP contribution in [0.1, 0.15) is 105 Å². The Morgan fingerprint density at radius 1 is 0.377 bits per heavy atom. The van der Waals surface area contributed by atoms with E-state index in [0.717, 1.165) is 0 Å². The summed E-state index contributed by atoms with van der Waals surface area (Å²) in [6.07, 6.45) is 0. The number of benzene rings is 4. The van der Waals surface area contributed by atoms with Crippen molar-refractivity contribution in [2.24, 2.45) is 0 Å². The molecule has 1 aliphatic rings. The van der Waals surface area contributed by atoms with Gasteiger partial charge in [-0.2, -0.15) is 0 Å². The molecule has 1 unspecified atom stereocenters. The molecule has 4 aromatic rings. The minimum absolute atomic E-state index is 0.204. The van der Waals surface area contributed by atoms with Crippen LogP contribution in [-0.4, -0.2) is 41.5 Å². The Balaban J connectivity index is 2.09. The smallest absolute Gasteiger partial charge is 0.214 e. The van der Waals surface area contributed by atoms with Crippen LogP contribution in [0.3, 0.4) is 0 Å². The van der Waals surface area contributed by atoms with Crippen molar-refractivity contribution in [3.63, 3.8) is 0 Å². The highest BCUT2D eigenvalue weighted by Gasteiger charge is 2.37. The molecule has 4 N–H and O–H groups in total. The molecule has 0 saturated carbocycles. The van der Waals surface area contributed by atoms with Gasteiger partial charge >= 0.3 is 0 Å². The van der Waals surface area contributed by atoms with Gasteiger partial charge in [-0.1, -0.05) is 83.1 Å². The lowest BCUT2D eigenvalue weighted by atomic mass is 9.87. The highest BCUT2D eigenvalue weighted by molar-refractivity contribution is 7.92. The van der Waals surface area contributed by atoms with Gasteiger partial charge in [0.15, 0.2) is 11.5 Å². The van der Waals surface area contributed by atoms with E-state index in [9.17, 15) is 41.5 Å². The zero-order valence-corrected chi connectivity index (χ0v) is 35.3. The molecular weight excluding hydrogens is 753 g/mol. The number of phenolic OH excluding ortho intramolecular Hbond substituents is 4. The summed E-state index contributed by atoms with van der Waals surface area (Å²) in [5.41, 5.74) is -1.03. The summed E-state index contributed by atoms with van der Waals surface area (Å²) in [6.45, 7) is 22.0. The highest BCUT2D eigenvalue weighted by atomic mass is 32.2. The third-order valence-corrected chi connectivity index (χ3v) is 15.4. The van der Waals surface area contributed by atoms with E-state index in [1.165, 1.54) is 48.5 Å². The fourth-order valence-corrected chi connectivity index (χ4v) is 11.4. The number of aromatic hydroxyl groups is 4. The zero-order valence-electron chi connectivity index (χ0n) is 32.1. The number of rotatable bonds is 0. The van der Waals surface area contributed by atoms with Crippen LogP contribution in [-0.2, 0) is 63.9 Å². The molecule has 0 radical (unpaired) electrons. The molecule has 0 aromatic heterocycles. The summed E-state index contributed by atoms with van der Waals surface area (Å²) in [5.74, 6) is -3.03. The number of hydrogen-bond donors (Lipinski definition) is 4. The number of hydrogen-bond acceptors (Lipinski definition) is 9. The van der Waals surface area contributed by atoms with E-state index < -0.39 is 96.7 Å². The molecule has 53 heavy (non-hydrogen) atoms. The van der Waals surface area contributed by atoms with Crippen molar-refractivity contribution in [2.75, 3.05) is 0 Å². The van der Waals surface area contributed by atoms with Crippen LogP contribution >= 0.6 is 0 Å². The van der Waals surface area contributed by atoms with Gasteiger partial charge in [0.1, 0.15) is 21.3 Å². The van der Waals surface area contributed by atoms with Crippen molar-refractivity contribution < 1.29 is 41.5 Å². The Kier molecular flexibility index (Phi) is 10.0. The van der Waals surface area contributed by atoms with Gasteiger partial charge in [0.05, 0.1) is 61.8 Å². The van der Waals surface area contributed by atoms with Crippen LogP contribution in [0.4, 0.5) is 0 Å².